The molecule has 1 aromatic rings. The molecule has 1 aromatic carbocycles. The minimum Gasteiger partial charge on any atom is -0.497 e. The number of benzene rings is 1. The monoisotopic (exact) mass is 245 g/mol. The average Bonchev–Trinajstić information content (AvgIpc) is 2.29. The van der Waals surface area contributed by atoms with Crippen LogP contribution in [0, 0.1) is 0 Å². The summed E-state index contributed by atoms with van der Waals surface area (Å²) in [6.45, 7) is -0.0158. The van der Waals surface area contributed by atoms with Crippen molar-refractivity contribution in [3.63, 3.8) is 0 Å². The van der Waals surface area contributed by atoms with E-state index < -0.39 is 0 Å². The van der Waals surface area contributed by atoms with Gasteiger partial charge in [0.05, 0.1) is 7.11 Å². The number of methoxy groups -OCH3 is 1. The van der Waals surface area contributed by atoms with Gasteiger partial charge in [-0.1, -0.05) is 18.2 Å². The first-order chi connectivity index (χ1) is 7.26. The van der Waals surface area contributed by atoms with E-state index in [9.17, 15) is 4.39 Å². The molecule has 90 valence electrons. The normalized spacial score (nSPS) is 10.8. The van der Waals surface area contributed by atoms with Crippen molar-refractivity contribution < 1.29 is 9.13 Å². The van der Waals surface area contributed by atoms with Crippen molar-refractivity contribution in [2.24, 2.45) is 5.73 Å². The highest BCUT2D eigenvalue weighted by molar-refractivity contribution is 5.85. The van der Waals surface area contributed by atoms with Gasteiger partial charge in [-0.15, -0.1) is 12.4 Å². The molecule has 0 amide bonds. The van der Waals surface area contributed by atoms with Crippen LogP contribution in [0.25, 0.3) is 0 Å². The second-order valence-electron chi connectivity index (χ2n) is 3.25. The van der Waals surface area contributed by atoms with Crippen LogP contribution in [-0.2, 0) is 6.42 Å². The molecule has 0 saturated heterocycles. The number of aryl methyl sites for hydroxylation is 1. The van der Waals surface area contributed by atoms with Gasteiger partial charge in [-0.2, -0.15) is 0 Å². The van der Waals surface area contributed by atoms with Gasteiger partial charge in [0.2, 0.25) is 0 Å². The third kappa shape index (κ3) is 5.14. The molecule has 0 saturated carbocycles. The standard InChI is InChI=1S/C12H16FNO.ClH/c1-15-12-7-3-5-10(8-12)4-2-6-11(13)9-14;/h3,5-8H,2,4,9,14H2,1H3;1H. The van der Waals surface area contributed by atoms with Gasteiger partial charge >= 0.3 is 0 Å². The van der Waals surface area contributed by atoms with Gasteiger partial charge in [0.1, 0.15) is 11.6 Å². The third-order valence-electron chi connectivity index (χ3n) is 2.13. The second kappa shape index (κ2) is 8.13. The maximum atomic E-state index is 12.7. The Morgan fingerprint density at radius 1 is 1.50 bits per heavy atom. The third-order valence-corrected chi connectivity index (χ3v) is 2.13. The van der Waals surface area contributed by atoms with Crippen molar-refractivity contribution in [3.05, 3.63) is 41.7 Å². The smallest absolute Gasteiger partial charge is 0.119 e. The number of hydrogen-bond acceptors (Lipinski definition) is 2. The molecule has 0 spiro atoms. The van der Waals surface area contributed by atoms with Crippen molar-refractivity contribution in [3.8, 4) is 5.75 Å². The minimum atomic E-state index is -0.252. The summed E-state index contributed by atoms with van der Waals surface area (Å²) in [6, 6.07) is 7.77. The molecule has 0 bridgehead atoms. The molecule has 0 aliphatic carbocycles. The van der Waals surface area contributed by atoms with Gasteiger partial charge in [0.25, 0.3) is 0 Å². The van der Waals surface area contributed by atoms with Crippen LogP contribution in [0.3, 0.4) is 0 Å². The van der Waals surface area contributed by atoms with Crippen molar-refractivity contribution in [1.29, 1.82) is 0 Å². The van der Waals surface area contributed by atoms with Crippen LogP contribution in [0.1, 0.15) is 12.0 Å². The van der Waals surface area contributed by atoms with Crippen LogP contribution >= 0.6 is 12.4 Å². The Morgan fingerprint density at radius 2 is 2.25 bits per heavy atom. The Labute approximate surface area is 102 Å². The molecule has 4 heteroatoms. The van der Waals surface area contributed by atoms with E-state index >= 15 is 0 Å². The number of hydrogen-bond donors (Lipinski definition) is 1. The lowest BCUT2D eigenvalue weighted by Crippen LogP contribution is -1.98. The molecule has 0 aliphatic heterocycles. The molecule has 1 rings (SSSR count). The maximum Gasteiger partial charge on any atom is 0.119 e. The van der Waals surface area contributed by atoms with Gasteiger partial charge < -0.3 is 10.5 Å². The van der Waals surface area contributed by atoms with Crippen LogP contribution in [-0.4, -0.2) is 13.7 Å². The molecule has 0 aliphatic rings. The molecular formula is C12H17ClFNO. The summed E-state index contributed by atoms with van der Waals surface area (Å²) >= 11 is 0. The quantitative estimate of drug-likeness (QED) is 0.866. The Morgan fingerprint density at radius 3 is 2.88 bits per heavy atom. The number of allylic oxidation sites excluding steroid dienone is 1. The molecule has 16 heavy (non-hydrogen) atoms. The van der Waals surface area contributed by atoms with Gasteiger partial charge in [0.15, 0.2) is 0 Å². The number of halogens is 2. The number of nitrogens with two attached hydrogens (primary N) is 1. The summed E-state index contributed by atoms with van der Waals surface area (Å²) in [7, 11) is 1.63. The van der Waals surface area contributed by atoms with E-state index in [-0.39, 0.29) is 24.8 Å². The van der Waals surface area contributed by atoms with Gasteiger partial charge in [-0.25, -0.2) is 4.39 Å². The molecular weight excluding hydrogens is 229 g/mol. The van der Waals surface area contributed by atoms with Crippen molar-refractivity contribution in [2.75, 3.05) is 13.7 Å². The minimum absolute atomic E-state index is 0. The van der Waals surface area contributed by atoms with Crippen LogP contribution in [0.2, 0.25) is 0 Å². The molecule has 0 aromatic heterocycles. The van der Waals surface area contributed by atoms with Crippen LogP contribution < -0.4 is 10.5 Å². The Balaban J connectivity index is 0.00000225. The predicted octanol–water partition coefficient (Wildman–Crippen LogP) is 2.86. The fraction of sp³-hybridized carbons (Fsp3) is 0.333. The maximum absolute atomic E-state index is 12.7. The largest absolute Gasteiger partial charge is 0.497 e. The lowest BCUT2D eigenvalue weighted by Gasteiger charge is -2.02. The lowest BCUT2D eigenvalue weighted by atomic mass is 10.1. The molecule has 2 N–H and O–H groups in total. The van der Waals surface area contributed by atoms with Crippen LogP contribution in [0.5, 0.6) is 5.75 Å². The van der Waals surface area contributed by atoms with E-state index in [1.807, 2.05) is 24.3 Å². The van der Waals surface area contributed by atoms with E-state index in [2.05, 4.69) is 0 Å². The zero-order valence-corrected chi connectivity index (χ0v) is 10.1. The van der Waals surface area contributed by atoms with E-state index in [0.717, 1.165) is 17.7 Å². The van der Waals surface area contributed by atoms with Crippen molar-refractivity contribution in [1.82, 2.24) is 0 Å². The average molecular weight is 246 g/mol. The lowest BCUT2D eigenvalue weighted by molar-refractivity contribution is 0.414. The number of rotatable bonds is 5. The molecule has 0 fully saturated rings. The topological polar surface area (TPSA) is 35.2 Å². The number of ether oxygens (including phenoxy) is 1. The molecule has 0 unspecified atom stereocenters. The van der Waals surface area contributed by atoms with E-state index in [1.165, 1.54) is 6.08 Å². The summed E-state index contributed by atoms with van der Waals surface area (Å²) < 4.78 is 17.8. The summed E-state index contributed by atoms with van der Waals surface area (Å²) in [4.78, 5) is 0. The van der Waals surface area contributed by atoms with Gasteiger partial charge in [-0.3, -0.25) is 0 Å². The Kier molecular flexibility index (Phi) is 7.60. The summed E-state index contributed by atoms with van der Waals surface area (Å²) in [6.07, 6.45) is 2.99. The zero-order chi connectivity index (χ0) is 11.1. The SMILES string of the molecule is COc1cccc(CCC=C(F)CN)c1.Cl. The summed E-state index contributed by atoms with van der Waals surface area (Å²) in [5.41, 5.74) is 6.27. The van der Waals surface area contributed by atoms with E-state index in [0.29, 0.717) is 6.42 Å². The second-order valence-corrected chi connectivity index (χ2v) is 3.25. The van der Waals surface area contributed by atoms with Gasteiger partial charge in [-0.05, 0) is 30.5 Å². The molecule has 0 heterocycles. The summed E-state index contributed by atoms with van der Waals surface area (Å²) in [5.74, 6) is 0.577. The fourth-order valence-corrected chi connectivity index (χ4v) is 1.31. The highest BCUT2D eigenvalue weighted by atomic mass is 35.5. The first-order valence-corrected chi connectivity index (χ1v) is 4.94. The van der Waals surface area contributed by atoms with Crippen LogP contribution in [0.15, 0.2) is 36.2 Å². The highest BCUT2D eigenvalue weighted by Gasteiger charge is 1.95. The van der Waals surface area contributed by atoms with Crippen LogP contribution in [0.4, 0.5) is 4.39 Å². The molecule has 2 nitrogen and oxygen atoms in total. The Hall–Kier alpha value is -1.06. The van der Waals surface area contributed by atoms with E-state index in [1.54, 1.807) is 7.11 Å². The zero-order valence-electron chi connectivity index (χ0n) is 9.28. The Bertz CT molecular complexity index is 342. The first-order valence-electron chi connectivity index (χ1n) is 4.94. The summed E-state index contributed by atoms with van der Waals surface area (Å²) in [5, 5.41) is 0. The first kappa shape index (κ1) is 14.9. The molecule has 0 radical (unpaired) electrons. The highest BCUT2D eigenvalue weighted by Crippen LogP contribution is 2.14. The molecule has 0 atom stereocenters. The fourth-order valence-electron chi connectivity index (χ4n) is 1.31. The van der Waals surface area contributed by atoms with Gasteiger partial charge in [0, 0.05) is 6.54 Å². The predicted molar refractivity (Wildman–Crippen MR) is 66.8 cm³/mol. The van der Waals surface area contributed by atoms with Crippen molar-refractivity contribution >= 4 is 12.4 Å². The van der Waals surface area contributed by atoms with E-state index in [4.69, 9.17) is 10.5 Å². The van der Waals surface area contributed by atoms with Crippen molar-refractivity contribution in [2.45, 2.75) is 12.8 Å².